The van der Waals surface area contributed by atoms with E-state index in [4.69, 9.17) is 0 Å². The van der Waals surface area contributed by atoms with E-state index in [0.717, 1.165) is 12.1 Å². The van der Waals surface area contributed by atoms with Crippen LogP contribution in [-0.2, 0) is 4.32 Å². The molecule has 0 amide bonds. The van der Waals surface area contributed by atoms with Crippen LogP contribution in [0.15, 0.2) is 36.4 Å². The van der Waals surface area contributed by atoms with Crippen molar-refractivity contribution in [1.29, 1.82) is 0 Å². The molecule has 0 saturated carbocycles. The van der Waals surface area contributed by atoms with E-state index in [2.05, 4.69) is 15.9 Å². The molecule has 0 bridgehead atoms. The van der Waals surface area contributed by atoms with Crippen molar-refractivity contribution in [3.05, 3.63) is 59.5 Å². The van der Waals surface area contributed by atoms with Crippen LogP contribution in [0.5, 0.6) is 0 Å². The molecule has 1 aromatic rings. The van der Waals surface area contributed by atoms with Crippen LogP contribution < -0.4 is 0 Å². The number of allylic oxidation sites excluding steroid dienone is 4. The minimum Gasteiger partial charge on any atom is -0.204 e. The van der Waals surface area contributed by atoms with Crippen LogP contribution >= 0.6 is 15.9 Å². The number of hydrogen-bond acceptors (Lipinski definition) is 0. The highest BCUT2D eigenvalue weighted by Gasteiger charge is 2.28. The molecular weight excluding hydrogens is 281 g/mol. The molecule has 0 aromatic heterocycles. The summed E-state index contributed by atoms with van der Waals surface area (Å²) in [6, 6.07) is 2.02. The molecule has 2 rings (SSSR count). The van der Waals surface area contributed by atoms with Crippen LogP contribution in [0.2, 0.25) is 0 Å². The molecule has 0 heterocycles. The number of rotatable bonds is 1. The lowest BCUT2D eigenvalue weighted by atomic mass is 9.92. The van der Waals surface area contributed by atoms with E-state index in [9.17, 15) is 13.2 Å². The van der Waals surface area contributed by atoms with Gasteiger partial charge >= 0.3 is 0 Å². The minimum atomic E-state index is -1.44. The molecule has 16 heavy (non-hydrogen) atoms. The lowest BCUT2D eigenvalue weighted by Gasteiger charge is -2.25. The third kappa shape index (κ3) is 1.94. The van der Waals surface area contributed by atoms with Gasteiger partial charge in [0.15, 0.2) is 17.5 Å². The smallest absolute Gasteiger partial charge is 0.194 e. The van der Waals surface area contributed by atoms with E-state index in [0.29, 0.717) is 12.0 Å². The van der Waals surface area contributed by atoms with Gasteiger partial charge < -0.3 is 0 Å². The molecule has 0 radical (unpaired) electrons. The standard InChI is InChI=1S/C12H8BrF3/c13-12(4-2-1-3-5-12)8-6-9(14)11(16)10(15)7-8/h1-4,6-7H,5H2. The third-order valence-corrected chi connectivity index (χ3v) is 3.53. The molecule has 1 aliphatic carbocycles. The van der Waals surface area contributed by atoms with Crippen molar-refractivity contribution in [2.75, 3.05) is 0 Å². The van der Waals surface area contributed by atoms with Crippen LogP contribution in [0, 0.1) is 17.5 Å². The predicted octanol–water partition coefficient (Wildman–Crippen LogP) is 4.21. The molecule has 4 heteroatoms. The molecule has 0 saturated heterocycles. The number of halogens is 4. The van der Waals surface area contributed by atoms with Crippen molar-refractivity contribution in [3.8, 4) is 0 Å². The molecule has 0 nitrogen and oxygen atoms in total. The van der Waals surface area contributed by atoms with E-state index >= 15 is 0 Å². The van der Waals surface area contributed by atoms with E-state index in [1.165, 1.54) is 0 Å². The summed E-state index contributed by atoms with van der Waals surface area (Å²) in [5, 5.41) is 0. The molecule has 84 valence electrons. The van der Waals surface area contributed by atoms with Crippen molar-refractivity contribution in [2.24, 2.45) is 0 Å². The fraction of sp³-hybridized carbons (Fsp3) is 0.167. The summed E-state index contributed by atoms with van der Waals surface area (Å²) in [5.41, 5.74) is 0.365. The quantitative estimate of drug-likeness (QED) is 0.536. The molecule has 0 N–H and O–H groups in total. The lowest BCUT2D eigenvalue weighted by molar-refractivity contribution is 0.444. The average Bonchev–Trinajstić information content (AvgIpc) is 2.26. The summed E-state index contributed by atoms with van der Waals surface area (Å²) in [6.45, 7) is 0. The van der Waals surface area contributed by atoms with Gasteiger partial charge in [0.1, 0.15) is 0 Å². The van der Waals surface area contributed by atoms with Gasteiger partial charge in [-0.1, -0.05) is 40.2 Å². The largest absolute Gasteiger partial charge is 0.204 e. The maximum absolute atomic E-state index is 13.1. The summed E-state index contributed by atoms with van der Waals surface area (Å²) in [4.78, 5) is 0. The number of hydrogen-bond donors (Lipinski definition) is 0. The fourth-order valence-electron chi connectivity index (χ4n) is 1.60. The fourth-order valence-corrected chi connectivity index (χ4v) is 2.17. The summed E-state index contributed by atoms with van der Waals surface area (Å²) < 4.78 is 38.3. The van der Waals surface area contributed by atoms with Crippen LogP contribution in [0.1, 0.15) is 12.0 Å². The van der Waals surface area contributed by atoms with E-state index in [1.807, 2.05) is 12.2 Å². The van der Waals surface area contributed by atoms with E-state index in [1.54, 1.807) is 12.2 Å². The maximum Gasteiger partial charge on any atom is 0.194 e. The van der Waals surface area contributed by atoms with Crippen LogP contribution in [-0.4, -0.2) is 0 Å². The Balaban J connectivity index is 2.49. The van der Waals surface area contributed by atoms with Crippen LogP contribution in [0.3, 0.4) is 0 Å². The minimum absolute atomic E-state index is 0.365. The third-order valence-electron chi connectivity index (χ3n) is 2.49. The van der Waals surface area contributed by atoms with Crippen molar-refractivity contribution in [2.45, 2.75) is 10.7 Å². The zero-order valence-electron chi connectivity index (χ0n) is 8.18. The van der Waals surface area contributed by atoms with E-state index in [-0.39, 0.29) is 0 Å². The van der Waals surface area contributed by atoms with Crippen molar-refractivity contribution in [3.63, 3.8) is 0 Å². The first kappa shape index (κ1) is 11.5. The van der Waals surface area contributed by atoms with Gasteiger partial charge in [-0.3, -0.25) is 0 Å². The highest BCUT2D eigenvalue weighted by Crippen LogP contribution is 2.39. The summed E-state index contributed by atoms with van der Waals surface area (Å²) in [6.07, 6.45) is 7.83. The van der Waals surface area contributed by atoms with Crippen molar-refractivity contribution >= 4 is 15.9 Å². The van der Waals surface area contributed by atoms with Crippen LogP contribution in [0.25, 0.3) is 0 Å². The van der Waals surface area contributed by atoms with Gasteiger partial charge in [-0.2, -0.15) is 0 Å². The van der Waals surface area contributed by atoms with Crippen molar-refractivity contribution in [1.82, 2.24) is 0 Å². The van der Waals surface area contributed by atoms with Crippen molar-refractivity contribution < 1.29 is 13.2 Å². The second-order valence-corrected chi connectivity index (χ2v) is 5.02. The van der Waals surface area contributed by atoms with Gasteiger partial charge in [0.25, 0.3) is 0 Å². The monoisotopic (exact) mass is 288 g/mol. The molecule has 1 aliphatic rings. The summed E-state index contributed by atoms with van der Waals surface area (Å²) >= 11 is 3.40. The SMILES string of the molecule is Fc1cc(C2(Br)C=CC=CC2)cc(F)c1F. The molecule has 0 aliphatic heterocycles. The predicted molar refractivity (Wildman–Crippen MR) is 59.8 cm³/mol. The Morgan fingerprint density at radius 2 is 1.69 bits per heavy atom. The second kappa shape index (κ2) is 4.09. The normalized spacial score (nSPS) is 23.8. The molecule has 1 atom stereocenters. The van der Waals surface area contributed by atoms with Gasteiger partial charge in [0.2, 0.25) is 0 Å². The summed E-state index contributed by atoms with van der Waals surface area (Å²) in [7, 11) is 0. The molecule has 1 aromatic carbocycles. The first-order chi connectivity index (χ1) is 7.53. The molecule has 0 fully saturated rings. The highest BCUT2D eigenvalue weighted by atomic mass is 79.9. The Morgan fingerprint density at radius 1 is 1.06 bits per heavy atom. The highest BCUT2D eigenvalue weighted by molar-refractivity contribution is 9.09. The Hall–Kier alpha value is -1.03. The zero-order chi connectivity index (χ0) is 11.8. The number of alkyl halides is 1. The topological polar surface area (TPSA) is 0 Å². The zero-order valence-corrected chi connectivity index (χ0v) is 9.77. The van der Waals surface area contributed by atoms with Gasteiger partial charge in [-0.05, 0) is 24.1 Å². The number of benzene rings is 1. The first-order valence-corrected chi connectivity index (χ1v) is 5.50. The van der Waals surface area contributed by atoms with Gasteiger partial charge in [-0.15, -0.1) is 0 Å². The Kier molecular flexibility index (Phi) is 2.93. The second-order valence-electron chi connectivity index (χ2n) is 3.61. The van der Waals surface area contributed by atoms with Gasteiger partial charge in [0, 0.05) is 0 Å². The molecular formula is C12H8BrF3. The first-order valence-electron chi connectivity index (χ1n) is 4.71. The van der Waals surface area contributed by atoms with Crippen LogP contribution in [0.4, 0.5) is 13.2 Å². The Labute approximate surface area is 99.6 Å². The Bertz CT molecular complexity index is 456. The lowest BCUT2D eigenvalue weighted by Crippen LogP contribution is -2.16. The molecule has 0 spiro atoms. The van der Waals surface area contributed by atoms with Gasteiger partial charge in [0.05, 0.1) is 4.32 Å². The Morgan fingerprint density at radius 3 is 2.19 bits per heavy atom. The average molecular weight is 289 g/mol. The van der Waals surface area contributed by atoms with E-state index < -0.39 is 21.8 Å². The van der Waals surface area contributed by atoms with Gasteiger partial charge in [-0.25, -0.2) is 13.2 Å². The maximum atomic E-state index is 13.1. The molecule has 1 unspecified atom stereocenters. The summed E-state index contributed by atoms with van der Waals surface area (Å²) in [5.74, 6) is -3.77.